The fourth-order valence-corrected chi connectivity index (χ4v) is 1.88. The summed E-state index contributed by atoms with van der Waals surface area (Å²) in [4.78, 5) is 35.8. The number of carbonyl (C=O) groups is 3. The van der Waals surface area contributed by atoms with Crippen LogP contribution in [0, 0.1) is 11.3 Å². The number of nitrogens with one attached hydrogen (secondary N) is 2. The quantitative estimate of drug-likeness (QED) is 0.539. The predicted molar refractivity (Wildman–Crippen MR) is 87.0 cm³/mol. The molecule has 0 rings (SSSR count). The number of rotatable bonds is 11. The summed E-state index contributed by atoms with van der Waals surface area (Å²) in [6, 6.07) is 0. The van der Waals surface area contributed by atoms with Crippen LogP contribution in [0.2, 0.25) is 0 Å². The van der Waals surface area contributed by atoms with E-state index in [4.69, 9.17) is 10.8 Å². The van der Waals surface area contributed by atoms with Crippen molar-refractivity contribution in [2.24, 2.45) is 11.3 Å². The molecule has 0 aliphatic carbocycles. The number of Topliss-reactive ketones (excluding diaryl/α,β-unsaturated/α-hetero) is 1. The Labute approximate surface area is 139 Å². The van der Waals surface area contributed by atoms with Crippen molar-refractivity contribution in [1.29, 1.82) is 0 Å². The molecule has 0 saturated heterocycles. The highest BCUT2D eigenvalue weighted by Crippen LogP contribution is 2.17. The number of methoxy groups -OCH3 is 2. The maximum Gasteiger partial charge on any atom is 0.225 e. The molecule has 7 heteroatoms. The molecule has 0 fully saturated rings. The zero-order valence-electron chi connectivity index (χ0n) is 15.6. The van der Waals surface area contributed by atoms with Gasteiger partial charge < -0.3 is 20.1 Å². The second-order valence-electron chi connectivity index (χ2n) is 6.61. The van der Waals surface area contributed by atoms with Crippen LogP contribution in [0.15, 0.2) is 0 Å². The molecule has 1 unspecified atom stereocenters. The lowest BCUT2D eigenvalue weighted by molar-refractivity contribution is -0.131. The molecule has 0 aliphatic heterocycles. The van der Waals surface area contributed by atoms with Crippen molar-refractivity contribution in [3.8, 4) is 0 Å². The highest BCUT2D eigenvalue weighted by molar-refractivity contribution is 5.90. The van der Waals surface area contributed by atoms with E-state index in [1.807, 2.05) is 20.8 Å². The summed E-state index contributed by atoms with van der Waals surface area (Å²) in [6.45, 7) is 6.40. The van der Waals surface area contributed by atoms with Gasteiger partial charge in [0.1, 0.15) is 0 Å². The molecule has 0 saturated carbocycles. The fourth-order valence-electron chi connectivity index (χ4n) is 1.88. The van der Waals surface area contributed by atoms with Crippen LogP contribution in [0.1, 0.15) is 35.0 Å². The second-order valence-corrected chi connectivity index (χ2v) is 6.61. The molecule has 0 radical (unpaired) electrons. The Kier molecular flexibility index (Phi) is 9.47. The maximum absolute atomic E-state index is 12.0. The Balaban J connectivity index is 4.37. The lowest BCUT2D eigenvalue weighted by Gasteiger charge is -2.18. The lowest BCUT2D eigenvalue weighted by Crippen LogP contribution is -2.38. The topological polar surface area (TPSA) is 93.7 Å². The number of carbonyl (C=O) groups excluding carboxylic acids is 3. The molecule has 0 aromatic heterocycles. The first-order valence-corrected chi connectivity index (χ1v) is 7.61. The van der Waals surface area contributed by atoms with Crippen molar-refractivity contribution >= 4 is 17.6 Å². The molecule has 23 heavy (non-hydrogen) atoms. The van der Waals surface area contributed by atoms with E-state index in [1.165, 1.54) is 7.11 Å². The van der Waals surface area contributed by atoms with E-state index in [0.717, 1.165) is 0 Å². The van der Waals surface area contributed by atoms with Gasteiger partial charge in [-0.3, -0.25) is 14.4 Å². The SMILES string of the molecule is [2H]COCC(CC(=O)CNC(=O)CC(C)(C)C)C(=O)NCCOC. The summed E-state index contributed by atoms with van der Waals surface area (Å²) in [7, 11) is 1.25. The zero-order chi connectivity index (χ0) is 18.6. The molecule has 0 spiro atoms. The van der Waals surface area contributed by atoms with E-state index >= 15 is 0 Å². The Bertz CT molecular complexity index is 410. The van der Waals surface area contributed by atoms with Gasteiger partial charge in [-0.15, -0.1) is 0 Å². The summed E-state index contributed by atoms with van der Waals surface area (Å²) >= 11 is 0. The number of hydrogen-bond acceptors (Lipinski definition) is 5. The molecule has 2 amide bonds. The molecule has 0 aromatic carbocycles. The first-order valence-electron chi connectivity index (χ1n) is 8.32. The minimum atomic E-state index is -0.681. The average Bonchev–Trinajstić information content (AvgIpc) is 2.47. The van der Waals surface area contributed by atoms with Crippen LogP contribution in [0.5, 0.6) is 0 Å². The van der Waals surface area contributed by atoms with Crippen molar-refractivity contribution in [2.45, 2.75) is 33.6 Å². The molecule has 0 bridgehead atoms. The lowest BCUT2D eigenvalue weighted by atomic mass is 9.92. The number of ether oxygens (including phenoxy) is 2. The van der Waals surface area contributed by atoms with Crippen LogP contribution < -0.4 is 10.6 Å². The first-order chi connectivity index (χ1) is 11.2. The third-order valence-corrected chi connectivity index (χ3v) is 2.94. The first kappa shape index (κ1) is 19.6. The Hall–Kier alpha value is -1.47. The van der Waals surface area contributed by atoms with Gasteiger partial charge >= 0.3 is 0 Å². The van der Waals surface area contributed by atoms with Crippen LogP contribution in [-0.2, 0) is 23.9 Å². The van der Waals surface area contributed by atoms with Crippen LogP contribution in [-0.4, -0.2) is 58.1 Å². The van der Waals surface area contributed by atoms with Crippen molar-refractivity contribution < 1.29 is 25.2 Å². The summed E-state index contributed by atoms with van der Waals surface area (Å²) in [5, 5.41) is 5.22. The molecule has 7 nitrogen and oxygen atoms in total. The molecule has 0 heterocycles. The van der Waals surface area contributed by atoms with Crippen molar-refractivity contribution in [1.82, 2.24) is 10.6 Å². The molecule has 2 N–H and O–H groups in total. The maximum atomic E-state index is 12.0. The van der Waals surface area contributed by atoms with Gasteiger partial charge in [0.2, 0.25) is 11.8 Å². The second kappa shape index (κ2) is 11.1. The van der Waals surface area contributed by atoms with E-state index in [1.54, 1.807) is 0 Å². The van der Waals surface area contributed by atoms with E-state index in [2.05, 4.69) is 10.6 Å². The smallest absolute Gasteiger partial charge is 0.225 e. The summed E-state index contributed by atoms with van der Waals surface area (Å²) in [5.41, 5.74) is -0.154. The Morgan fingerprint density at radius 2 is 1.87 bits per heavy atom. The van der Waals surface area contributed by atoms with Gasteiger partial charge in [0.15, 0.2) is 5.78 Å². The van der Waals surface area contributed by atoms with E-state index in [9.17, 15) is 14.4 Å². The van der Waals surface area contributed by atoms with Gasteiger partial charge in [-0.1, -0.05) is 20.8 Å². The van der Waals surface area contributed by atoms with Crippen LogP contribution in [0.3, 0.4) is 0 Å². The average molecular weight is 331 g/mol. The molecule has 0 aliphatic rings. The van der Waals surface area contributed by atoms with Gasteiger partial charge in [0.05, 0.1) is 27.0 Å². The minimum absolute atomic E-state index is 0.00993. The fraction of sp³-hybridized carbons (Fsp3) is 0.812. The van der Waals surface area contributed by atoms with E-state index < -0.39 is 5.92 Å². The normalized spacial score (nSPS) is 13.1. The Morgan fingerprint density at radius 1 is 1.17 bits per heavy atom. The largest absolute Gasteiger partial charge is 0.384 e. The molecule has 134 valence electrons. The van der Waals surface area contributed by atoms with E-state index in [-0.39, 0.29) is 49.7 Å². The number of amides is 2. The van der Waals surface area contributed by atoms with E-state index in [0.29, 0.717) is 19.6 Å². The third kappa shape index (κ3) is 11.7. The van der Waals surface area contributed by atoms with Crippen LogP contribution in [0.25, 0.3) is 0 Å². The Morgan fingerprint density at radius 3 is 2.43 bits per heavy atom. The highest BCUT2D eigenvalue weighted by atomic mass is 16.5. The summed E-state index contributed by atoms with van der Waals surface area (Å²) < 4.78 is 16.8. The summed E-state index contributed by atoms with van der Waals surface area (Å²) in [5.74, 6) is -1.45. The molecular formula is C16H30N2O5. The van der Waals surface area contributed by atoms with Crippen molar-refractivity contribution in [3.05, 3.63) is 0 Å². The number of hydrogen-bond donors (Lipinski definition) is 2. The zero-order valence-corrected chi connectivity index (χ0v) is 14.6. The van der Waals surface area contributed by atoms with Gasteiger partial charge in [-0.05, 0) is 5.41 Å². The van der Waals surface area contributed by atoms with Gasteiger partial charge in [-0.2, -0.15) is 0 Å². The van der Waals surface area contributed by atoms with Gasteiger partial charge in [0.25, 0.3) is 0 Å². The van der Waals surface area contributed by atoms with Crippen LogP contribution >= 0.6 is 0 Å². The van der Waals surface area contributed by atoms with Gasteiger partial charge in [0, 0.05) is 33.6 Å². The standard InChI is InChI=1S/C16H30N2O5/c1-16(2,3)9-14(20)18-10-13(19)8-12(11-23-5)15(21)17-6-7-22-4/h12H,6-11H2,1-5H3,(H,17,21)(H,18,20)/i5D. The van der Waals surface area contributed by atoms with Crippen molar-refractivity contribution in [3.63, 3.8) is 0 Å². The molecule has 0 aromatic rings. The molecule has 1 atom stereocenters. The number of ketones is 1. The monoisotopic (exact) mass is 331 g/mol. The third-order valence-electron chi connectivity index (χ3n) is 2.94. The minimum Gasteiger partial charge on any atom is -0.384 e. The van der Waals surface area contributed by atoms with Crippen LogP contribution in [0.4, 0.5) is 0 Å². The predicted octanol–water partition coefficient (Wildman–Crippen LogP) is 0.523. The van der Waals surface area contributed by atoms with Gasteiger partial charge in [-0.25, -0.2) is 0 Å². The van der Waals surface area contributed by atoms with Crippen molar-refractivity contribution in [2.75, 3.05) is 40.5 Å². The highest BCUT2D eigenvalue weighted by Gasteiger charge is 2.22. The summed E-state index contributed by atoms with van der Waals surface area (Å²) in [6.07, 6.45) is 0.276. The molecular weight excluding hydrogens is 300 g/mol.